The van der Waals surface area contributed by atoms with Gasteiger partial charge in [0.2, 0.25) is 0 Å². The Morgan fingerprint density at radius 1 is 1.53 bits per heavy atom. The Morgan fingerprint density at radius 3 is 2.74 bits per heavy atom. The average Bonchev–Trinajstić information content (AvgIpc) is 2.38. The lowest BCUT2D eigenvalue weighted by atomic mass is 10.1. The van der Waals surface area contributed by atoms with E-state index in [9.17, 15) is 14.9 Å². The molecular formula is C12H14BrClN2O3. The molecule has 0 saturated heterocycles. The van der Waals surface area contributed by atoms with Crippen molar-refractivity contribution in [1.82, 2.24) is 4.90 Å². The molecule has 0 radical (unpaired) electrons. The van der Waals surface area contributed by atoms with E-state index in [1.807, 2.05) is 6.92 Å². The minimum absolute atomic E-state index is 0.0365. The lowest BCUT2D eigenvalue weighted by Crippen LogP contribution is -2.32. The van der Waals surface area contributed by atoms with Gasteiger partial charge in [0.05, 0.1) is 9.95 Å². The van der Waals surface area contributed by atoms with E-state index >= 15 is 0 Å². The fourth-order valence-electron chi connectivity index (χ4n) is 1.69. The van der Waals surface area contributed by atoms with Crippen LogP contribution in [0.3, 0.4) is 0 Å². The molecule has 1 aromatic rings. The molecule has 7 heteroatoms. The Balaban J connectivity index is 3.13. The number of rotatable bonds is 6. The average molecular weight is 350 g/mol. The van der Waals surface area contributed by atoms with Crippen molar-refractivity contribution in [2.45, 2.75) is 13.3 Å². The first-order chi connectivity index (χ1) is 9.02. The molecule has 1 amide bonds. The molecule has 0 spiro atoms. The van der Waals surface area contributed by atoms with Crippen LogP contribution in [0.5, 0.6) is 0 Å². The first kappa shape index (κ1) is 15.9. The van der Waals surface area contributed by atoms with Crippen molar-refractivity contribution < 1.29 is 9.72 Å². The van der Waals surface area contributed by atoms with Crippen LogP contribution in [0.1, 0.15) is 23.7 Å². The van der Waals surface area contributed by atoms with Crippen molar-refractivity contribution in [3.8, 4) is 0 Å². The van der Waals surface area contributed by atoms with Crippen molar-refractivity contribution in [3.63, 3.8) is 0 Å². The van der Waals surface area contributed by atoms with Gasteiger partial charge in [-0.15, -0.1) is 0 Å². The Hall–Kier alpha value is -1.14. The SMILES string of the molecule is CCN(CCCBr)C(=O)c1c(Cl)cccc1[N+](=O)[O-]. The Bertz CT molecular complexity index is 482. The first-order valence-electron chi connectivity index (χ1n) is 5.81. The minimum Gasteiger partial charge on any atom is -0.339 e. The summed E-state index contributed by atoms with van der Waals surface area (Å²) in [5.74, 6) is -0.402. The number of amides is 1. The number of hydrogen-bond donors (Lipinski definition) is 0. The van der Waals surface area contributed by atoms with E-state index in [4.69, 9.17) is 11.6 Å². The second-order valence-corrected chi connectivity index (χ2v) is 5.02. The smallest absolute Gasteiger partial charge is 0.283 e. The predicted molar refractivity (Wildman–Crippen MR) is 78.1 cm³/mol. The summed E-state index contributed by atoms with van der Waals surface area (Å²) in [6.07, 6.45) is 0.776. The van der Waals surface area contributed by atoms with Crippen molar-refractivity contribution in [2.75, 3.05) is 18.4 Å². The highest BCUT2D eigenvalue weighted by atomic mass is 79.9. The highest BCUT2D eigenvalue weighted by Crippen LogP contribution is 2.27. The molecular weight excluding hydrogens is 336 g/mol. The fourth-order valence-corrected chi connectivity index (χ4v) is 2.19. The van der Waals surface area contributed by atoms with Gasteiger partial charge in [0.25, 0.3) is 11.6 Å². The van der Waals surface area contributed by atoms with Crippen LogP contribution < -0.4 is 0 Å². The number of carbonyl (C=O) groups excluding carboxylic acids is 1. The van der Waals surface area contributed by atoms with Gasteiger partial charge in [-0.2, -0.15) is 0 Å². The van der Waals surface area contributed by atoms with Crippen LogP contribution in [0, 0.1) is 10.1 Å². The third kappa shape index (κ3) is 3.91. The van der Waals surface area contributed by atoms with Crippen molar-refractivity contribution in [3.05, 3.63) is 38.9 Å². The van der Waals surface area contributed by atoms with Crippen LogP contribution in [0.15, 0.2) is 18.2 Å². The van der Waals surface area contributed by atoms with Crippen molar-refractivity contribution in [1.29, 1.82) is 0 Å². The summed E-state index contributed by atoms with van der Waals surface area (Å²) in [6, 6.07) is 4.24. The van der Waals surface area contributed by atoms with Crippen LogP contribution >= 0.6 is 27.5 Å². The maximum atomic E-state index is 12.3. The van der Waals surface area contributed by atoms with E-state index in [1.54, 1.807) is 4.90 Å². The Labute approximate surface area is 124 Å². The number of nitrogens with zero attached hydrogens (tertiary/aromatic N) is 2. The summed E-state index contributed by atoms with van der Waals surface area (Å²) >= 11 is 9.23. The molecule has 0 heterocycles. The molecule has 0 N–H and O–H groups in total. The molecule has 1 aromatic carbocycles. The van der Waals surface area contributed by atoms with Gasteiger partial charge >= 0.3 is 0 Å². The Kier molecular flexibility index (Phi) is 6.24. The quantitative estimate of drug-likeness (QED) is 0.448. The molecule has 0 atom stereocenters. The molecule has 0 aromatic heterocycles. The molecule has 0 unspecified atom stereocenters. The zero-order chi connectivity index (χ0) is 14.4. The van der Waals surface area contributed by atoms with Crippen LogP contribution in [-0.4, -0.2) is 34.2 Å². The van der Waals surface area contributed by atoms with Crippen LogP contribution in [0.25, 0.3) is 0 Å². The van der Waals surface area contributed by atoms with E-state index in [0.717, 1.165) is 11.8 Å². The highest BCUT2D eigenvalue weighted by Gasteiger charge is 2.26. The summed E-state index contributed by atoms with van der Waals surface area (Å²) < 4.78 is 0. The lowest BCUT2D eigenvalue weighted by molar-refractivity contribution is -0.385. The molecule has 0 bridgehead atoms. The largest absolute Gasteiger partial charge is 0.339 e. The van der Waals surface area contributed by atoms with E-state index in [1.165, 1.54) is 18.2 Å². The van der Waals surface area contributed by atoms with Crippen LogP contribution in [0.4, 0.5) is 5.69 Å². The zero-order valence-electron chi connectivity index (χ0n) is 10.4. The normalized spacial score (nSPS) is 10.3. The molecule has 1 rings (SSSR count). The van der Waals surface area contributed by atoms with Gasteiger partial charge in [-0.05, 0) is 19.4 Å². The molecule has 0 aliphatic rings. The number of hydrogen-bond acceptors (Lipinski definition) is 3. The third-order valence-electron chi connectivity index (χ3n) is 2.63. The number of nitro groups is 1. The first-order valence-corrected chi connectivity index (χ1v) is 7.31. The number of carbonyl (C=O) groups is 1. The fraction of sp³-hybridized carbons (Fsp3) is 0.417. The van der Waals surface area contributed by atoms with E-state index < -0.39 is 10.8 Å². The molecule has 0 fully saturated rings. The highest BCUT2D eigenvalue weighted by molar-refractivity contribution is 9.09. The van der Waals surface area contributed by atoms with E-state index in [-0.39, 0.29) is 16.3 Å². The Morgan fingerprint density at radius 2 is 2.21 bits per heavy atom. The second kappa shape index (κ2) is 7.45. The number of halogens is 2. The van der Waals surface area contributed by atoms with Gasteiger partial charge in [0.15, 0.2) is 0 Å². The molecule has 104 valence electrons. The van der Waals surface area contributed by atoms with Gasteiger partial charge in [-0.1, -0.05) is 33.6 Å². The molecule has 0 aliphatic heterocycles. The van der Waals surface area contributed by atoms with E-state index in [0.29, 0.717) is 13.1 Å². The van der Waals surface area contributed by atoms with Crippen LogP contribution in [-0.2, 0) is 0 Å². The molecule has 0 aliphatic carbocycles. The van der Waals surface area contributed by atoms with Crippen molar-refractivity contribution in [2.24, 2.45) is 0 Å². The van der Waals surface area contributed by atoms with E-state index in [2.05, 4.69) is 15.9 Å². The van der Waals surface area contributed by atoms with Gasteiger partial charge in [0.1, 0.15) is 5.56 Å². The topological polar surface area (TPSA) is 63.5 Å². The summed E-state index contributed by atoms with van der Waals surface area (Å²) in [6.45, 7) is 2.84. The predicted octanol–water partition coefficient (Wildman–Crippen LogP) is 3.50. The van der Waals surface area contributed by atoms with Gasteiger partial charge in [0, 0.05) is 24.5 Å². The van der Waals surface area contributed by atoms with Gasteiger partial charge in [-0.25, -0.2) is 0 Å². The van der Waals surface area contributed by atoms with Gasteiger partial charge in [-0.3, -0.25) is 14.9 Å². The lowest BCUT2D eigenvalue weighted by Gasteiger charge is -2.20. The van der Waals surface area contributed by atoms with Gasteiger partial charge < -0.3 is 4.90 Å². The summed E-state index contributed by atoms with van der Waals surface area (Å²) in [4.78, 5) is 24.3. The second-order valence-electron chi connectivity index (χ2n) is 3.82. The van der Waals surface area contributed by atoms with Crippen LogP contribution in [0.2, 0.25) is 5.02 Å². The number of alkyl halides is 1. The molecule has 0 saturated carbocycles. The maximum absolute atomic E-state index is 12.3. The maximum Gasteiger partial charge on any atom is 0.283 e. The zero-order valence-corrected chi connectivity index (χ0v) is 12.8. The number of benzene rings is 1. The molecule has 19 heavy (non-hydrogen) atoms. The molecule has 5 nitrogen and oxygen atoms in total. The third-order valence-corrected chi connectivity index (χ3v) is 3.51. The minimum atomic E-state index is -0.586. The number of nitro benzene ring substituents is 1. The van der Waals surface area contributed by atoms with Crippen molar-refractivity contribution >= 4 is 39.1 Å². The summed E-state index contributed by atoms with van der Waals surface area (Å²) in [5.41, 5.74) is -0.291. The monoisotopic (exact) mass is 348 g/mol. The standard InChI is InChI=1S/C12H14BrClN2O3/c1-2-15(8-4-7-13)12(17)11-9(14)5-3-6-10(11)16(18)19/h3,5-6H,2,4,7-8H2,1H3. The summed E-state index contributed by atoms with van der Waals surface area (Å²) in [7, 11) is 0. The summed E-state index contributed by atoms with van der Waals surface area (Å²) in [5, 5.41) is 11.8.